The molecule has 6 heteroatoms. The van der Waals surface area contributed by atoms with E-state index in [0.29, 0.717) is 30.1 Å². The summed E-state index contributed by atoms with van der Waals surface area (Å²) in [5, 5.41) is 0. The molecule has 0 aromatic heterocycles. The van der Waals surface area contributed by atoms with E-state index in [9.17, 15) is 8.42 Å². The normalized spacial score (nSPS) is 24.1. The number of hydrogen-bond acceptors (Lipinski definition) is 4. The van der Waals surface area contributed by atoms with Gasteiger partial charge in [-0.3, -0.25) is 0 Å². The topological polar surface area (TPSA) is 72.6 Å². The Labute approximate surface area is 120 Å². The van der Waals surface area contributed by atoms with Gasteiger partial charge in [-0.1, -0.05) is 25.1 Å². The molecule has 1 saturated heterocycles. The lowest BCUT2D eigenvalue weighted by atomic mass is 9.90. The van der Waals surface area contributed by atoms with E-state index in [1.807, 2.05) is 13.0 Å². The van der Waals surface area contributed by atoms with Gasteiger partial charge in [0.25, 0.3) is 0 Å². The number of hydrogen-bond donors (Lipinski definition) is 1. The third-order valence-corrected chi connectivity index (χ3v) is 5.85. The molecule has 5 nitrogen and oxygen atoms in total. The van der Waals surface area contributed by atoms with Gasteiger partial charge in [-0.05, 0) is 30.0 Å². The molecule has 1 unspecified atom stereocenters. The van der Waals surface area contributed by atoms with Crippen molar-refractivity contribution in [2.24, 2.45) is 11.1 Å². The molecule has 0 radical (unpaired) electrons. The van der Waals surface area contributed by atoms with Crippen molar-refractivity contribution in [2.75, 3.05) is 26.7 Å². The molecular weight excluding hydrogens is 276 g/mol. The van der Waals surface area contributed by atoms with Crippen LogP contribution in [0.4, 0.5) is 0 Å². The lowest BCUT2D eigenvalue weighted by molar-refractivity contribution is 0.182. The molecule has 2 rings (SSSR count). The van der Waals surface area contributed by atoms with Gasteiger partial charge < -0.3 is 10.5 Å². The van der Waals surface area contributed by atoms with Crippen molar-refractivity contribution >= 4 is 10.0 Å². The van der Waals surface area contributed by atoms with Crippen LogP contribution in [0.15, 0.2) is 29.2 Å². The summed E-state index contributed by atoms with van der Waals surface area (Å²) in [7, 11) is -1.91. The van der Waals surface area contributed by atoms with Crippen molar-refractivity contribution in [2.45, 2.75) is 24.8 Å². The second-order valence-corrected chi connectivity index (χ2v) is 7.55. The Balaban J connectivity index is 2.32. The Morgan fingerprint density at radius 3 is 2.70 bits per heavy atom. The number of nitrogens with zero attached hydrogens (tertiary/aromatic N) is 1. The molecule has 2 N–H and O–H groups in total. The van der Waals surface area contributed by atoms with E-state index in [0.717, 1.165) is 6.42 Å². The Hall–Kier alpha value is -0.950. The summed E-state index contributed by atoms with van der Waals surface area (Å²) >= 11 is 0. The number of ether oxygens (including phenoxy) is 1. The van der Waals surface area contributed by atoms with Crippen LogP contribution in [0.3, 0.4) is 0 Å². The van der Waals surface area contributed by atoms with E-state index in [-0.39, 0.29) is 12.0 Å². The molecule has 1 aromatic carbocycles. The largest absolute Gasteiger partial charge is 0.380 e. The monoisotopic (exact) mass is 298 g/mol. The second-order valence-electron chi connectivity index (χ2n) is 5.64. The zero-order valence-corrected chi connectivity index (χ0v) is 12.8. The van der Waals surface area contributed by atoms with Crippen LogP contribution in [0.5, 0.6) is 0 Å². The second kappa shape index (κ2) is 5.81. The highest BCUT2D eigenvalue weighted by molar-refractivity contribution is 7.89. The average molecular weight is 298 g/mol. The van der Waals surface area contributed by atoms with Gasteiger partial charge in [-0.15, -0.1) is 0 Å². The quantitative estimate of drug-likeness (QED) is 0.886. The van der Waals surface area contributed by atoms with Gasteiger partial charge in [0.15, 0.2) is 0 Å². The molecule has 1 heterocycles. The van der Waals surface area contributed by atoms with Gasteiger partial charge in [0.05, 0.1) is 11.5 Å². The van der Waals surface area contributed by atoms with Gasteiger partial charge >= 0.3 is 0 Å². The fourth-order valence-corrected chi connectivity index (χ4v) is 4.32. The molecule has 0 saturated carbocycles. The Kier molecular flexibility index (Phi) is 4.49. The number of methoxy groups -OCH3 is 1. The molecule has 20 heavy (non-hydrogen) atoms. The molecular formula is C14H22N2O3S. The number of nitrogens with two attached hydrogens (primary N) is 1. The molecule has 1 fully saturated rings. The van der Waals surface area contributed by atoms with Crippen molar-refractivity contribution in [3.63, 3.8) is 0 Å². The highest BCUT2D eigenvalue weighted by Gasteiger charge is 2.39. The number of rotatable bonds is 5. The first-order valence-corrected chi connectivity index (χ1v) is 8.14. The minimum atomic E-state index is -3.47. The van der Waals surface area contributed by atoms with Crippen molar-refractivity contribution in [3.05, 3.63) is 29.8 Å². The third kappa shape index (κ3) is 2.88. The molecule has 1 aliphatic heterocycles. The van der Waals surface area contributed by atoms with Crippen molar-refractivity contribution < 1.29 is 13.2 Å². The molecule has 1 aliphatic rings. The molecule has 0 aliphatic carbocycles. The van der Waals surface area contributed by atoms with E-state index in [4.69, 9.17) is 10.5 Å². The predicted octanol–water partition coefficient (Wildman–Crippen LogP) is 1.19. The molecule has 1 atom stereocenters. The number of sulfonamides is 1. The maximum Gasteiger partial charge on any atom is 0.243 e. The van der Waals surface area contributed by atoms with Gasteiger partial charge in [-0.25, -0.2) is 8.42 Å². The van der Waals surface area contributed by atoms with Gasteiger partial charge in [-0.2, -0.15) is 4.31 Å². The minimum absolute atomic E-state index is 0.122. The van der Waals surface area contributed by atoms with E-state index < -0.39 is 10.0 Å². The maximum atomic E-state index is 12.8. The highest BCUT2D eigenvalue weighted by atomic mass is 32.2. The van der Waals surface area contributed by atoms with Crippen LogP contribution < -0.4 is 5.73 Å². The Bertz CT molecular complexity index is 574. The molecule has 1 aromatic rings. The summed E-state index contributed by atoms with van der Waals surface area (Å²) < 4.78 is 32.1. The average Bonchev–Trinajstić information content (AvgIpc) is 2.84. The summed E-state index contributed by atoms with van der Waals surface area (Å²) in [6.07, 6.45) is 0.801. The fourth-order valence-electron chi connectivity index (χ4n) is 2.52. The molecule has 0 bridgehead atoms. The Morgan fingerprint density at radius 2 is 2.10 bits per heavy atom. The summed E-state index contributed by atoms with van der Waals surface area (Å²) in [4.78, 5) is 0.336. The first-order valence-electron chi connectivity index (χ1n) is 6.70. The minimum Gasteiger partial charge on any atom is -0.380 e. The summed E-state index contributed by atoms with van der Waals surface area (Å²) in [6, 6.07) is 6.99. The van der Waals surface area contributed by atoms with Crippen LogP contribution in [0.2, 0.25) is 0 Å². The van der Waals surface area contributed by atoms with Crippen molar-refractivity contribution in [3.8, 4) is 0 Å². The van der Waals surface area contributed by atoms with Crippen molar-refractivity contribution in [1.29, 1.82) is 0 Å². The summed E-state index contributed by atoms with van der Waals surface area (Å²) in [6.45, 7) is 3.82. The fraction of sp³-hybridized carbons (Fsp3) is 0.571. The highest BCUT2D eigenvalue weighted by Crippen LogP contribution is 2.33. The predicted molar refractivity (Wildman–Crippen MR) is 77.7 cm³/mol. The zero-order valence-electron chi connectivity index (χ0n) is 12.0. The maximum absolute atomic E-state index is 12.8. The zero-order chi connectivity index (χ0) is 14.8. The van der Waals surface area contributed by atoms with E-state index in [1.54, 1.807) is 25.3 Å². The van der Waals surface area contributed by atoms with E-state index in [1.165, 1.54) is 4.31 Å². The summed E-state index contributed by atoms with van der Waals surface area (Å²) in [5.74, 6) is 0. The van der Waals surface area contributed by atoms with Crippen LogP contribution in [0.25, 0.3) is 0 Å². The summed E-state index contributed by atoms with van der Waals surface area (Å²) in [5.41, 5.74) is 6.32. The number of benzene rings is 1. The van der Waals surface area contributed by atoms with Crippen LogP contribution in [-0.2, 0) is 21.4 Å². The van der Waals surface area contributed by atoms with Crippen LogP contribution in [0, 0.1) is 5.41 Å². The van der Waals surface area contributed by atoms with E-state index in [2.05, 4.69) is 0 Å². The lowest BCUT2D eigenvalue weighted by Crippen LogP contribution is -2.34. The standard InChI is InChI=1S/C14H22N2O3S/c1-14(10-15)7-8-16(11-14)20(17,18)13-6-4-3-5-12(13)9-19-2/h3-6H,7-11,15H2,1-2H3. The lowest BCUT2D eigenvalue weighted by Gasteiger charge is -2.23. The van der Waals surface area contributed by atoms with Crippen LogP contribution >= 0.6 is 0 Å². The van der Waals surface area contributed by atoms with Crippen molar-refractivity contribution in [1.82, 2.24) is 4.31 Å². The third-order valence-electron chi connectivity index (χ3n) is 3.91. The van der Waals surface area contributed by atoms with Crippen LogP contribution in [-0.4, -0.2) is 39.5 Å². The molecule has 0 spiro atoms. The Morgan fingerprint density at radius 1 is 1.40 bits per heavy atom. The first kappa shape index (κ1) is 15.4. The molecule has 0 amide bonds. The van der Waals surface area contributed by atoms with Crippen LogP contribution in [0.1, 0.15) is 18.9 Å². The SMILES string of the molecule is COCc1ccccc1S(=O)(=O)N1CCC(C)(CN)C1. The molecule has 112 valence electrons. The van der Waals surface area contributed by atoms with Gasteiger partial charge in [0.2, 0.25) is 10.0 Å². The van der Waals surface area contributed by atoms with E-state index >= 15 is 0 Å². The van der Waals surface area contributed by atoms with Gasteiger partial charge in [0.1, 0.15) is 0 Å². The first-order chi connectivity index (χ1) is 9.43. The smallest absolute Gasteiger partial charge is 0.243 e. The van der Waals surface area contributed by atoms with Gasteiger partial charge in [0, 0.05) is 20.2 Å².